The first-order valence-electron chi connectivity index (χ1n) is 13.3. The van der Waals surface area contributed by atoms with Gasteiger partial charge in [0.25, 0.3) is 0 Å². The molecular weight excluding hydrogens is 526 g/mol. The molecule has 42 heavy (non-hydrogen) atoms. The van der Waals surface area contributed by atoms with Crippen molar-refractivity contribution >= 4 is 35.6 Å². The molecule has 0 aliphatic carbocycles. The number of pyridine rings is 1. The number of nitrogens with one attached hydrogen (secondary N) is 2. The first kappa shape index (κ1) is 29.4. The van der Waals surface area contributed by atoms with Crippen molar-refractivity contribution in [3.05, 3.63) is 109 Å². The summed E-state index contributed by atoms with van der Waals surface area (Å²) in [5, 5.41) is 6.73. The minimum atomic E-state index is -0.0474. The van der Waals surface area contributed by atoms with E-state index in [1.807, 2.05) is 85.8 Å². The molecule has 0 aliphatic heterocycles. The summed E-state index contributed by atoms with van der Waals surface area (Å²) < 4.78 is 5.10. The van der Waals surface area contributed by atoms with Crippen molar-refractivity contribution in [3.63, 3.8) is 0 Å². The zero-order chi connectivity index (χ0) is 29.9. The van der Waals surface area contributed by atoms with Gasteiger partial charge in [-0.1, -0.05) is 60.7 Å². The average Bonchev–Trinajstić information content (AvgIpc) is 3.02. The number of Topliss-reactive ketones (excluding diaryl/α,β-unsaturated/α-hetero) is 1. The van der Waals surface area contributed by atoms with Gasteiger partial charge in [0.2, 0.25) is 11.8 Å². The molecule has 5 aromatic rings. The SMILES string of the molecule is C=Nc1cccc(-c2ccnc(OC)c2)c1C(C)=O.CC(Nc1ccccc1)Nc1nc(N)ncc1-c1ccccc1. The largest absolute Gasteiger partial charge is 0.481 e. The molecule has 0 radical (unpaired) electrons. The van der Waals surface area contributed by atoms with E-state index in [2.05, 4.69) is 37.3 Å². The van der Waals surface area contributed by atoms with Crippen molar-refractivity contribution < 1.29 is 9.53 Å². The van der Waals surface area contributed by atoms with Crippen molar-refractivity contribution in [3.8, 4) is 28.1 Å². The Labute approximate surface area is 245 Å². The number of aliphatic imine (C=N–C) groups is 1. The minimum absolute atomic E-state index is 0.0193. The summed E-state index contributed by atoms with van der Waals surface area (Å²) >= 11 is 0. The number of carbonyl (C=O) groups excluding carboxylic acids is 1. The molecule has 4 N–H and O–H groups in total. The molecule has 212 valence electrons. The summed E-state index contributed by atoms with van der Waals surface area (Å²) in [5.74, 6) is 1.41. The molecule has 1 unspecified atom stereocenters. The number of methoxy groups -OCH3 is 1. The lowest BCUT2D eigenvalue weighted by atomic mass is 9.96. The number of hydrogen-bond acceptors (Lipinski definition) is 9. The maximum absolute atomic E-state index is 11.8. The van der Waals surface area contributed by atoms with Crippen LogP contribution in [0.1, 0.15) is 24.2 Å². The lowest BCUT2D eigenvalue weighted by molar-refractivity contribution is 0.101. The van der Waals surface area contributed by atoms with Gasteiger partial charge in [-0.2, -0.15) is 4.98 Å². The van der Waals surface area contributed by atoms with Gasteiger partial charge in [-0.15, -0.1) is 0 Å². The van der Waals surface area contributed by atoms with Crippen molar-refractivity contribution in [2.24, 2.45) is 4.99 Å². The molecule has 9 nitrogen and oxygen atoms in total. The van der Waals surface area contributed by atoms with Crippen LogP contribution in [0.15, 0.2) is 108 Å². The first-order valence-corrected chi connectivity index (χ1v) is 13.3. The monoisotopic (exact) mass is 559 g/mol. The highest BCUT2D eigenvalue weighted by Gasteiger charge is 2.14. The van der Waals surface area contributed by atoms with E-state index in [1.54, 1.807) is 31.6 Å². The Morgan fingerprint density at radius 3 is 2.29 bits per heavy atom. The molecule has 0 saturated heterocycles. The van der Waals surface area contributed by atoms with E-state index < -0.39 is 0 Å². The Bertz CT molecular complexity index is 1640. The van der Waals surface area contributed by atoms with Crippen LogP contribution in [0.4, 0.5) is 23.1 Å². The van der Waals surface area contributed by atoms with Crippen LogP contribution in [0.5, 0.6) is 5.88 Å². The minimum Gasteiger partial charge on any atom is -0.481 e. The Balaban J connectivity index is 0.000000197. The number of anilines is 3. The number of nitrogen functional groups attached to an aromatic ring is 1. The summed E-state index contributed by atoms with van der Waals surface area (Å²) in [7, 11) is 1.56. The molecule has 0 aliphatic rings. The number of hydrogen-bond donors (Lipinski definition) is 3. The number of carbonyl (C=O) groups is 1. The fourth-order valence-electron chi connectivity index (χ4n) is 4.33. The highest BCUT2D eigenvalue weighted by molar-refractivity contribution is 6.05. The summed E-state index contributed by atoms with van der Waals surface area (Å²) in [6, 6.07) is 29.1. The Morgan fingerprint density at radius 1 is 0.905 bits per heavy atom. The third-order valence-electron chi connectivity index (χ3n) is 6.22. The van der Waals surface area contributed by atoms with Crippen molar-refractivity contribution in [2.45, 2.75) is 20.0 Å². The summed E-state index contributed by atoms with van der Waals surface area (Å²) in [5.41, 5.74) is 11.6. The molecule has 0 amide bonds. The number of nitrogens with two attached hydrogens (primary N) is 1. The van der Waals surface area contributed by atoms with E-state index in [0.717, 1.165) is 27.9 Å². The maximum atomic E-state index is 11.8. The quantitative estimate of drug-likeness (QED) is 0.101. The second-order valence-electron chi connectivity index (χ2n) is 9.23. The zero-order valence-corrected chi connectivity index (χ0v) is 23.8. The summed E-state index contributed by atoms with van der Waals surface area (Å²) in [4.78, 5) is 28.3. The van der Waals surface area contributed by atoms with Crippen LogP contribution in [0.3, 0.4) is 0 Å². The lowest BCUT2D eigenvalue weighted by Gasteiger charge is -2.19. The molecule has 0 saturated carbocycles. The molecule has 2 heterocycles. The number of para-hydroxylation sites is 1. The Hall–Kier alpha value is -5.57. The van der Waals surface area contributed by atoms with Gasteiger partial charge in [0.15, 0.2) is 5.78 Å². The van der Waals surface area contributed by atoms with E-state index in [1.165, 1.54) is 6.92 Å². The number of nitrogens with zero attached hydrogens (tertiary/aromatic N) is 4. The molecular formula is C33H33N7O2. The van der Waals surface area contributed by atoms with Gasteiger partial charge in [0.1, 0.15) is 5.82 Å². The molecule has 3 aromatic carbocycles. The third kappa shape index (κ3) is 7.54. The van der Waals surface area contributed by atoms with E-state index in [4.69, 9.17) is 10.5 Å². The maximum Gasteiger partial charge on any atom is 0.221 e. The number of aromatic nitrogens is 3. The standard InChI is InChI=1S/C18H19N5.C15H14N2O2/c1-13(21-15-10-6-3-7-11-15)22-17-16(12-20-18(19)23-17)14-8-4-2-5-9-14;1-10(18)15-12(5-4-6-13(15)16-2)11-7-8-17-14(9-11)19-3/h2-13,21H,1H3,(H3,19,20,22,23);4-9H,2H2,1,3H3. The predicted molar refractivity (Wildman–Crippen MR) is 170 cm³/mol. The van der Waals surface area contributed by atoms with Crippen molar-refractivity contribution in [1.82, 2.24) is 15.0 Å². The van der Waals surface area contributed by atoms with Gasteiger partial charge in [-0.3, -0.25) is 9.79 Å². The summed E-state index contributed by atoms with van der Waals surface area (Å²) in [6.45, 7) is 7.05. The van der Waals surface area contributed by atoms with E-state index in [9.17, 15) is 4.79 Å². The molecule has 0 spiro atoms. The lowest BCUT2D eigenvalue weighted by Crippen LogP contribution is -2.26. The van der Waals surface area contributed by atoms with Gasteiger partial charge in [-0.25, -0.2) is 9.97 Å². The predicted octanol–water partition coefficient (Wildman–Crippen LogP) is 6.89. The molecule has 1 atom stereocenters. The smallest absolute Gasteiger partial charge is 0.221 e. The molecule has 9 heteroatoms. The fraction of sp³-hybridized carbons (Fsp3) is 0.121. The number of rotatable bonds is 9. The average molecular weight is 560 g/mol. The number of benzene rings is 3. The second kappa shape index (κ2) is 14.2. The van der Waals surface area contributed by atoms with Crippen LogP contribution >= 0.6 is 0 Å². The third-order valence-corrected chi connectivity index (χ3v) is 6.22. The van der Waals surface area contributed by atoms with Crippen LogP contribution in [0.25, 0.3) is 22.3 Å². The zero-order valence-electron chi connectivity index (χ0n) is 23.8. The summed E-state index contributed by atoms with van der Waals surface area (Å²) in [6.07, 6.45) is 3.37. The van der Waals surface area contributed by atoms with Crippen LogP contribution in [0.2, 0.25) is 0 Å². The van der Waals surface area contributed by atoms with Gasteiger partial charge >= 0.3 is 0 Å². The Kier molecular flexibility index (Phi) is 9.93. The van der Waals surface area contributed by atoms with Crippen LogP contribution < -0.4 is 21.1 Å². The van der Waals surface area contributed by atoms with Gasteiger partial charge in [0.05, 0.1) is 24.5 Å². The van der Waals surface area contributed by atoms with E-state index in [0.29, 0.717) is 22.9 Å². The highest BCUT2D eigenvalue weighted by atomic mass is 16.5. The van der Waals surface area contributed by atoms with E-state index in [-0.39, 0.29) is 17.9 Å². The molecule has 2 aromatic heterocycles. The number of ether oxygens (including phenoxy) is 1. The topological polar surface area (TPSA) is 127 Å². The first-order chi connectivity index (χ1) is 20.4. The van der Waals surface area contributed by atoms with Crippen LogP contribution in [-0.4, -0.2) is 40.7 Å². The van der Waals surface area contributed by atoms with Crippen LogP contribution in [-0.2, 0) is 0 Å². The van der Waals surface area contributed by atoms with Gasteiger partial charge < -0.3 is 21.1 Å². The normalized spacial score (nSPS) is 10.9. The highest BCUT2D eigenvalue weighted by Crippen LogP contribution is 2.32. The molecule has 0 fully saturated rings. The fourth-order valence-corrected chi connectivity index (χ4v) is 4.33. The van der Waals surface area contributed by atoms with Crippen molar-refractivity contribution in [2.75, 3.05) is 23.5 Å². The Morgan fingerprint density at radius 2 is 1.62 bits per heavy atom. The molecule has 5 rings (SSSR count). The molecule has 0 bridgehead atoms. The number of ketones is 1. The van der Waals surface area contributed by atoms with Gasteiger partial charge in [0, 0.05) is 29.7 Å². The van der Waals surface area contributed by atoms with Crippen LogP contribution in [0, 0.1) is 0 Å². The van der Waals surface area contributed by atoms with Crippen molar-refractivity contribution in [1.29, 1.82) is 0 Å². The van der Waals surface area contributed by atoms with E-state index >= 15 is 0 Å². The van der Waals surface area contributed by atoms with Gasteiger partial charge in [-0.05, 0) is 61.5 Å². The second-order valence-corrected chi connectivity index (χ2v) is 9.23.